The Bertz CT molecular complexity index is 1490. The van der Waals surface area contributed by atoms with Crippen LogP contribution in [0.25, 0.3) is 21.9 Å². The molecule has 8 nitrogen and oxygen atoms in total. The van der Waals surface area contributed by atoms with Gasteiger partial charge in [0, 0.05) is 7.05 Å². The van der Waals surface area contributed by atoms with Crippen LogP contribution in [0.3, 0.4) is 0 Å². The van der Waals surface area contributed by atoms with Crippen LogP contribution in [-0.4, -0.2) is 41.6 Å². The summed E-state index contributed by atoms with van der Waals surface area (Å²) in [7, 11) is -8.95. The van der Waals surface area contributed by atoms with E-state index in [1.54, 1.807) is 0 Å². The summed E-state index contributed by atoms with van der Waals surface area (Å²) in [6.07, 6.45) is 0.701. The highest BCUT2D eigenvalue weighted by molar-refractivity contribution is 7.92. The SMILES string of the molecule is CNC(=O)c1c(-c2ccc(F)cc2)ccc2cc(NS(C)(=O)=O)c(OS(=O)(=O)C(F)(F)F)cc12. The van der Waals surface area contributed by atoms with Crippen molar-refractivity contribution in [2.75, 3.05) is 18.0 Å². The van der Waals surface area contributed by atoms with Gasteiger partial charge in [-0.2, -0.15) is 21.6 Å². The fraction of sp³-hybridized carbons (Fsp3) is 0.150. The number of nitrogens with one attached hydrogen (secondary N) is 2. The minimum atomic E-state index is -6.18. The van der Waals surface area contributed by atoms with Crippen molar-refractivity contribution in [2.24, 2.45) is 0 Å². The van der Waals surface area contributed by atoms with E-state index in [0.717, 1.165) is 24.3 Å². The van der Waals surface area contributed by atoms with Gasteiger partial charge in [0.1, 0.15) is 5.82 Å². The third kappa shape index (κ3) is 5.22. The molecule has 0 unspecified atom stereocenters. The van der Waals surface area contributed by atoms with Crippen molar-refractivity contribution in [3.05, 3.63) is 59.9 Å². The minimum absolute atomic E-state index is 0.0485. The maximum atomic E-state index is 13.4. The molecule has 3 rings (SSSR count). The predicted octanol–water partition coefficient (Wildman–Crippen LogP) is 3.61. The summed E-state index contributed by atoms with van der Waals surface area (Å²) < 4.78 is 105. The molecule has 0 saturated heterocycles. The molecule has 2 N–H and O–H groups in total. The van der Waals surface area contributed by atoms with Crippen LogP contribution in [0, 0.1) is 5.82 Å². The number of fused-ring (bicyclic) bond motifs is 1. The van der Waals surface area contributed by atoms with Crippen molar-refractivity contribution in [3.8, 4) is 16.9 Å². The normalized spacial score (nSPS) is 12.4. The fourth-order valence-corrected chi connectivity index (χ4v) is 4.13. The number of carbonyl (C=O) groups is 1. The van der Waals surface area contributed by atoms with E-state index in [4.69, 9.17) is 0 Å². The zero-order valence-electron chi connectivity index (χ0n) is 17.4. The number of hydrogen-bond acceptors (Lipinski definition) is 6. The molecule has 34 heavy (non-hydrogen) atoms. The lowest BCUT2D eigenvalue weighted by Gasteiger charge is -2.17. The van der Waals surface area contributed by atoms with E-state index in [1.165, 1.54) is 31.3 Å². The van der Waals surface area contributed by atoms with Crippen LogP contribution in [0.1, 0.15) is 10.4 Å². The van der Waals surface area contributed by atoms with Crippen molar-refractivity contribution >= 4 is 42.5 Å². The van der Waals surface area contributed by atoms with Crippen LogP contribution in [0.15, 0.2) is 48.5 Å². The molecule has 0 spiro atoms. The highest BCUT2D eigenvalue weighted by atomic mass is 32.2. The highest BCUT2D eigenvalue weighted by Gasteiger charge is 2.49. The molecule has 0 bridgehead atoms. The molecule has 3 aromatic carbocycles. The fourth-order valence-electron chi connectivity index (χ4n) is 3.11. The standard InChI is InChI=1S/C20H16F4N2O6S2/c1-25-19(27)18-14(11-3-6-13(21)7-4-11)8-5-12-9-16(26-33(2,28)29)17(10-15(12)18)32-34(30,31)20(22,23)24/h3-10,26H,1-2H3,(H,25,27). The van der Waals surface area contributed by atoms with Crippen molar-refractivity contribution < 1.29 is 43.4 Å². The van der Waals surface area contributed by atoms with E-state index >= 15 is 0 Å². The van der Waals surface area contributed by atoms with Gasteiger partial charge in [-0.25, -0.2) is 12.8 Å². The summed E-state index contributed by atoms with van der Waals surface area (Å²) in [6.45, 7) is 0. The molecule has 0 aromatic heterocycles. The maximum absolute atomic E-state index is 13.4. The van der Waals surface area contributed by atoms with Gasteiger partial charge in [0.25, 0.3) is 5.91 Å². The average Bonchev–Trinajstić information content (AvgIpc) is 2.71. The number of alkyl halides is 3. The zero-order valence-corrected chi connectivity index (χ0v) is 19.0. The molecule has 0 saturated carbocycles. The van der Waals surface area contributed by atoms with Crippen LogP contribution in [0.2, 0.25) is 0 Å². The Morgan fingerprint density at radius 3 is 2.12 bits per heavy atom. The predicted molar refractivity (Wildman–Crippen MR) is 117 cm³/mol. The molecule has 0 aliphatic heterocycles. The third-order valence-electron chi connectivity index (χ3n) is 4.51. The maximum Gasteiger partial charge on any atom is 0.534 e. The largest absolute Gasteiger partial charge is 0.534 e. The minimum Gasteiger partial charge on any atom is -0.374 e. The first-order valence-electron chi connectivity index (χ1n) is 9.20. The molecule has 0 atom stereocenters. The quantitative estimate of drug-likeness (QED) is 0.291. The first kappa shape index (κ1) is 25.2. The number of anilines is 1. The van der Waals surface area contributed by atoms with E-state index in [0.29, 0.717) is 11.8 Å². The smallest absolute Gasteiger partial charge is 0.374 e. The summed E-state index contributed by atoms with van der Waals surface area (Å²) in [5.41, 5.74) is -5.86. The Balaban J connectivity index is 2.37. The van der Waals surface area contributed by atoms with Gasteiger partial charge in [0.05, 0.1) is 17.5 Å². The lowest BCUT2D eigenvalue weighted by atomic mass is 9.93. The van der Waals surface area contributed by atoms with Gasteiger partial charge in [0.15, 0.2) is 5.75 Å². The molecular weight excluding hydrogens is 504 g/mol. The Morgan fingerprint density at radius 1 is 0.971 bits per heavy atom. The Morgan fingerprint density at radius 2 is 1.59 bits per heavy atom. The van der Waals surface area contributed by atoms with E-state index in [-0.39, 0.29) is 21.9 Å². The highest BCUT2D eigenvalue weighted by Crippen LogP contribution is 2.39. The van der Waals surface area contributed by atoms with Gasteiger partial charge in [-0.05, 0) is 46.2 Å². The summed E-state index contributed by atoms with van der Waals surface area (Å²) in [5.74, 6) is -2.24. The molecule has 0 heterocycles. The van der Waals surface area contributed by atoms with E-state index in [9.17, 15) is 39.2 Å². The Kier molecular flexibility index (Phi) is 6.50. The topological polar surface area (TPSA) is 119 Å². The van der Waals surface area contributed by atoms with Gasteiger partial charge in [-0.15, -0.1) is 0 Å². The second-order valence-corrected chi connectivity index (χ2v) is 10.3. The number of benzene rings is 3. The summed E-state index contributed by atoms with van der Waals surface area (Å²) in [4.78, 5) is 12.7. The molecule has 14 heteroatoms. The molecule has 3 aromatic rings. The third-order valence-corrected chi connectivity index (χ3v) is 6.06. The Labute approximate surface area is 191 Å². The summed E-state index contributed by atoms with van der Waals surface area (Å²) in [6, 6.07) is 9.74. The van der Waals surface area contributed by atoms with E-state index < -0.39 is 48.8 Å². The van der Waals surface area contributed by atoms with Crippen molar-refractivity contribution in [3.63, 3.8) is 0 Å². The lowest BCUT2D eigenvalue weighted by molar-refractivity contribution is -0.0499. The Hall–Kier alpha value is -3.39. The molecule has 0 aliphatic carbocycles. The van der Waals surface area contributed by atoms with Crippen LogP contribution in [-0.2, 0) is 20.1 Å². The molecule has 182 valence electrons. The monoisotopic (exact) mass is 520 g/mol. The molecule has 0 fully saturated rings. The van der Waals surface area contributed by atoms with E-state index in [1.807, 2.05) is 4.72 Å². The van der Waals surface area contributed by atoms with Crippen LogP contribution >= 0.6 is 0 Å². The average molecular weight is 520 g/mol. The number of hydrogen-bond donors (Lipinski definition) is 2. The zero-order chi connectivity index (χ0) is 25.5. The van der Waals surface area contributed by atoms with Crippen LogP contribution in [0.4, 0.5) is 23.2 Å². The van der Waals surface area contributed by atoms with E-state index in [2.05, 4.69) is 9.50 Å². The van der Waals surface area contributed by atoms with Crippen LogP contribution < -0.4 is 14.2 Å². The number of halogens is 4. The number of rotatable bonds is 6. The molecule has 0 aliphatic rings. The molecular formula is C20H16F4N2O6S2. The second kappa shape index (κ2) is 8.76. The van der Waals surface area contributed by atoms with Crippen molar-refractivity contribution in [1.29, 1.82) is 0 Å². The first-order chi connectivity index (χ1) is 15.6. The van der Waals surface area contributed by atoms with Gasteiger partial charge in [-0.3, -0.25) is 9.52 Å². The van der Waals surface area contributed by atoms with Crippen molar-refractivity contribution in [1.82, 2.24) is 5.32 Å². The second-order valence-electron chi connectivity index (χ2n) is 7.00. The number of carbonyl (C=O) groups excluding carboxylic acids is 1. The number of amides is 1. The van der Waals surface area contributed by atoms with Gasteiger partial charge in [0.2, 0.25) is 10.0 Å². The van der Waals surface area contributed by atoms with Gasteiger partial charge >= 0.3 is 15.6 Å². The summed E-state index contributed by atoms with van der Waals surface area (Å²) in [5, 5.41) is 2.50. The first-order valence-corrected chi connectivity index (χ1v) is 12.5. The lowest BCUT2D eigenvalue weighted by Crippen LogP contribution is -2.28. The molecule has 1 amide bonds. The van der Waals surface area contributed by atoms with Crippen LogP contribution in [0.5, 0.6) is 5.75 Å². The van der Waals surface area contributed by atoms with Gasteiger partial charge in [-0.1, -0.05) is 24.3 Å². The summed E-state index contributed by atoms with van der Waals surface area (Å²) >= 11 is 0. The molecule has 0 radical (unpaired) electrons. The van der Waals surface area contributed by atoms with Crippen molar-refractivity contribution in [2.45, 2.75) is 5.51 Å². The van der Waals surface area contributed by atoms with Gasteiger partial charge < -0.3 is 9.50 Å². The number of sulfonamides is 1.